The number of carbonyl (C=O) groups excluding carboxylic acids is 1. The number of nitrogens with zero attached hydrogens (tertiary/aromatic N) is 1. The zero-order chi connectivity index (χ0) is 13.1. The molecule has 0 aliphatic rings. The number of rotatable bonds is 5. The lowest BCUT2D eigenvalue weighted by Gasteiger charge is -2.03. The highest BCUT2D eigenvalue weighted by atomic mass is 32.2. The van der Waals surface area contributed by atoms with Gasteiger partial charge in [-0.3, -0.25) is 4.79 Å². The van der Waals surface area contributed by atoms with E-state index in [-0.39, 0.29) is 10.8 Å². The Kier molecular flexibility index (Phi) is 4.30. The molecule has 0 saturated heterocycles. The average molecular weight is 259 g/mol. The largest absolute Gasteiger partial charge is 0.351 e. The normalized spacial score (nSPS) is 11.5. The Morgan fingerprint density at radius 1 is 1.47 bits per heavy atom. The van der Waals surface area contributed by atoms with Crippen molar-refractivity contribution < 1.29 is 13.2 Å². The van der Waals surface area contributed by atoms with Gasteiger partial charge in [-0.15, -0.1) is 0 Å². The van der Waals surface area contributed by atoms with Crippen molar-refractivity contribution >= 4 is 15.9 Å². The van der Waals surface area contributed by atoms with Crippen molar-refractivity contribution in [3.8, 4) is 0 Å². The summed E-state index contributed by atoms with van der Waals surface area (Å²) in [7, 11) is -0.538. The van der Waals surface area contributed by atoms with Crippen LogP contribution in [-0.2, 0) is 17.1 Å². The number of sulfonamides is 1. The van der Waals surface area contributed by atoms with Crippen LogP contribution in [0.4, 0.5) is 0 Å². The summed E-state index contributed by atoms with van der Waals surface area (Å²) in [5.74, 6) is -0.271. The van der Waals surface area contributed by atoms with Gasteiger partial charge >= 0.3 is 0 Å². The molecule has 1 rings (SSSR count). The first-order valence-corrected chi connectivity index (χ1v) is 6.78. The maximum Gasteiger partial charge on any atom is 0.267 e. The number of aryl methyl sites for hydroxylation is 1. The molecular weight excluding hydrogens is 242 g/mol. The maximum atomic E-state index is 11.7. The molecule has 1 aromatic heterocycles. The fourth-order valence-electron chi connectivity index (χ4n) is 1.35. The van der Waals surface area contributed by atoms with Crippen LogP contribution < -0.4 is 10.0 Å². The number of amides is 1. The Morgan fingerprint density at radius 3 is 2.65 bits per heavy atom. The van der Waals surface area contributed by atoms with Gasteiger partial charge in [-0.1, -0.05) is 6.92 Å². The van der Waals surface area contributed by atoms with Gasteiger partial charge in [0.2, 0.25) is 10.0 Å². The lowest BCUT2D eigenvalue weighted by Crippen LogP contribution is -2.25. The Balaban J connectivity index is 3.01. The summed E-state index contributed by atoms with van der Waals surface area (Å²) in [4.78, 5) is 11.8. The van der Waals surface area contributed by atoms with E-state index in [0.29, 0.717) is 12.2 Å². The van der Waals surface area contributed by atoms with Crippen molar-refractivity contribution in [1.29, 1.82) is 0 Å². The molecule has 0 bridgehead atoms. The summed E-state index contributed by atoms with van der Waals surface area (Å²) >= 11 is 0. The van der Waals surface area contributed by atoms with Gasteiger partial charge in [0.15, 0.2) is 0 Å². The quantitative estimate of drug-likeness (QED) is 0.785. The Morgan fingerprint density at radius 2 is 2.12 bits per heavy atom. The van der Waals surface area contributed by atoms with E-state index in [1.807, 2.05) is 6.92 Å². The highest BCUT2D eigenvalue weighted by molar-refractivity contribution is 7.89. The molecule has 2 N–H and O–H groups in total. The van der Waals surface area contributed by atoms with E-state index < -0.39 is 10.0 Å². The minimum absolute atomic E-state index is 0.0872. The van der Waals surface area contributed by atoms with Crippen LogP contribution in [0.5, 0.6) is 0 Å². The third-order valence-electron chi connectivity index (χ3n) is 2.33. The lowest BCUT2D eigenvalue weighted by atomic mass is 10.4. The zero-order valence-corrected chi connectivity index (χ0v) is 11.0. The molecule has 0 atom stereocenters. The minimum Gasteiger partial charge on any atom is -0.351 e. The predicted octanol–water partition coefficient (Wildman–Crippen LogP) is 0.0730. The highest BCUT2D eigenvalue weighted by Gasteiger charge is 2.18. The van der Waals surface area contributed by atoms with Gasteiger partial charge in [0.1, 0.15) is 10.6 Å². The fourth-order valence-corrected chi connectivity index (χ4v) is 2.15. The van der Waals surface area contributed by atoms with Crippen LogP contribution in [0.15, 0.2) is 17.2 Å². The van der Waals surface area contributed by atoms with Crippen LogP contribution in [0.3, 0.4) is 0 Å². The van der Waals surface area contributed by atoms with Crippen LogP contribution in [0.1, 0.15) is 23.8 Å². The van der Waals surface area contributed by atoms with Crippen molar-refractivity contribution in [2.24, 2.45) is 7.05 Å². The number of hydrogen-bond acceptors (Lipinski definition) is 3. The number of carbonyl (C=O) groups is 1. The molecule has 0 spiro atoms. The predicted molar refractivity (Wildman–Crippen MR) is 64.3 cm³/mol. The van der Waals surface area contributed by atoms with Gasteiger partial charge in [-0.05, 0) is 19.5 Å². The smallest absolute Gasteiger partial charge is 0.267 e. The van der Waals surface area contributed by atoms with Crippen molar-refractivity contribution in [3.05, 3.63) is 18.0 Å². The molecule has 1 heterocycles. The first-order valence-electron chi connectivity index (χ1n) is 5.30. The molecule has 7 heteroatoms. The van der Waals surface area contributed by atoms with Gasteiger partial charge < -0.3 is 9.88 Å². The fraction of sp³-hybridized carbons (Fsp3) is 0.500. The topological polar surface area (TPSA) is 80.2 Å². The second kappa shape index (κ2) is 5.33. The lowest BCUT2D eigenvalue weighted by molar-refractivity contribution is 0.0945. The van der Waals surface area contributed by atoms with E-state index in [1.54, 1.807) is 7.05 Å². The molecule has 0 saturated carbocycles. The van der Waals surface area contributed by atoms with Crippen LogP contribution in [0.25, 0.3) is 0 Å². The van der Waals surface area contributed by atoms with Gasteiger partial charge in [0.05, 0.1) is 0 Å². The zero-order valence-electron chi connectivity index (χ0n) is 10.1. The van der Waals surface area contributed by atoms with Crippen molar-refractivity contribution in [2.45, 2.75) is 18.2 Å². The molecule has 0 radical (unpaired) electrons. The van der Waals surface area contributed by atoms with Crippen LogP contribution in [0.2, 0.25) is 0 Å². The summed E-state index contributed by atoms with van der Waals surface area (Å²) in [5, 5.41) is 2.70. The Labute approximate surface area is 101 Å². The summed E-state index contributed by atoms with van der Waals surface area (Å²) in [6.07, 6.45) is 2.24. The van der Waals surface area contributed by atoms with E-state index >= 15 is 0 Å². The molecule has 96 valence electrons. The van der Waals surface area contributed by atoms with Gasteiger partial charge in [-0.2, -0.15) is 0 Å². The Bertz CT molecular complexity index is 505. The average Bonchev–Trinajstić information content (AvgIpc) is 2.69. The monoisotopic (exact) mass is 259 g/mol. The second-order valence-electron chi connectivity index (χ2n) is 3.64. The third kappa shape index (κ3) is 3.07. The summed E-state index contributed by atoms with van der Waals surface area (Å²) in [6.45, 7) is 2.51. The van der Waals surface area contributed by atoms with E-state index in [2.05, 4.69) is 10.0 Å². The second-order valence-corrected chi connectivity index (χ2v) is 5.52. The van der Waals surface area contributed by atoms with Crippen molar-refractivity contribution in [3.63, 3.8) is 0 Å². The highest BCUT2D eigenvalue weighted by Crippen LogP contribution is 2.12. The number of aromatic nitrogens is 1. The SMILES string of the molecule is CCCNC(=O)c1cc(S(=O)(=O)NC)cn1C. The van der Waals surface area contributed by atoms with E-state index in [9.17, 15) is 13.2 Å². The van der Waals surface area contributed by atoms with E-state index in [4.69, 9.17) is 0 Å². The summed E-state index contributed by atoms with van der Waals surface area (Å²) in [6, 6.07) is 1.36. The molecule has 17 heavy (non-hydrogen) atoms. The number of hydrogen-bond donors (Lipinski definition) is 2. The first kappa shape index (κ1) is 13.7. The van der Waals surface area contributed by atoms with Crippen LogP contribution >= 0.6 is 0 Å². The summed E-state index contributed by atoms with van der Waals surface area (Å²) in [5.41, 5.74) is 0.326. The molecule has 1 aromatic rings. The van der Waals surface area contributed by atoms with Gasteiger partial charge in [0.25, 0.3) is 5.91 Å². The van der Waals surface area contributed by atoms with Crippen LogP contribution in [-0.4, -0.2) is 32.5 Å². The minimum atomic E-state index is -3.50. The maximum absolute atomic E-state index is 11.7. The van der Waals surface area contributed by atoms with Gasteiger partial charge in [0, 0.05) is 19.8 Å². The Hall–Kier alpha value is -1.34. The molecule has 0 unspecified atom stereocenters. The van der Waals surface area contributed by atoms with Crippen LogP contribution in [0, 0.1) is 0 Å². The molecular formula is C10H17N3O3S. The molecule has 0 aromatic carbocycles. The van der Waals surface area contributed by atoms with Gasteiger partial charge in [-0.25, -0.2) is 13.1 Å². The molecule has 1 amide bonds. The van der Waals surface area contributed by atoms with E-state index in [1.165, 1.54) is 23.9 Å². The van der Waals surface area contributed by atoms with Crippen molar-refractivity contribution in [2.75, 3.05) is 13.6 Å². The van der Waals surface area contributed by atoms with E-state index in [0.717, 1.165) is 6.42 Å². The molecule has 0 aliphatic carbocycles. The summed E-state index contributed by atoms with van der Waals surface area (Å²) < 4.78 is 26.8. The first-order chi connectivity index (χ1) is 7.92. The molecule has 0 fully saturated rings. The van der Waals surface area contributed by atoms with Crippen molar-refractivity contribution in [1.82, 2.24) is 14.6 Å². The number of nitrogens with one attached hydrogen (secondary N) is 2. The standard InChI is InChI=1S/C10H17N3O3S/c1-4-5-12-10(14)9-6-8(7-13(9)3)17(15,16)11-2/h6-7,11H,4-5H2,1-3H3,(H,12,14). The third-order valence-corrected chi connectivity index (χ3v) is 3.71. The molecule has 6 nitrogen and oxygen atoms in total. The molecule has 0 aliphatic heterocycles.